The van der Waals surface area contributed by atoms with Gasteiger partial charge in [-0.15, -0.1) is 0 Å². The van der Waals surface area contributed by atoms with Crippen molar-refractivity contribution in [2.24, 2.45) is 0 Å². The van der Waals surface area contributed by atoms with Gasteiger partial charge in [-0.05, 0) is 20.3 Å². The van der Waals surface area contributed by atoms with E-state index in [4.69, 9.17) is 9.47 Å². The lowest BCUT2D eigenvalue weighted by molar-refractivity contribution is -0.149. The third-order valence-electron chi connectivity index (χ3n) is 3.56. The fourth-order valence-corrected chi connectivity index (χ4v) is 2.61. The Morgan fingerprint density at radius 3 is 2.06 bits per heavy atom. The summed E-state index contributed by atoms with van der Waals surface area (Å²) in [5, 5.41) is 9.26. The summed E-state index contributed by atoms with van der Waals surface area (Å²) in [7, 11) is 0. The average Bonchev–Trinajstić information content (AvgIpc) is 2.63. The monoisotopic (exact) mass is 258 g/mol. The van der Waals surface area contributed by atoms with E-state index in [0.29, 0.717) is 0 Å². The van der Waals surface area contributed by atoms with E-state index in [1.807, 2.05) is 13.8 Å². The predicted octanol–water partition coefficient (Wildman–Crippen LogP) is 3.64. The summed E-state index contributed by atoms with van der Waals surface area (Å²) in [5.74, 6) is -0.529. The van der Waals surface area contributed by atoms with Crippen LogP contribution in [-0.2, 0) is 9.47 Å². The molecule has 0 radical (unpaired) electrons. The van der Waals surface area contributed by atoms with Crippen molar-refractivity contribution in [1.29, 1.82) is 0 Å². The summed E-state index contributed by atoms with van der Waals surface area (Å²) in [5.41, 5.74) is 0. The van der Waals surface area contributed by atoms with Crippen LogP contribution in [0.25, 0.3) is 0 Å². The van der Waals surface area contributed by atoms with Gasteiger partial charge >= 0.3 is 0 Å². The van der Waals surface area contributed by atoms with Crippen molar-refractivity contribution < 1.29 is 14.6 Å². The van der Waals surface area contributed by atoms with Crippen LogP contribution in [0.1, 0.15) is 72.1 Å². The number of aliphatic hydroxyl groups is 1. The molecule has 0 bridgehead atoms. The van der Waals surface area contributed by atoms with Gasteiger partial charge in [0.15, 0.2) is 5.79 Å². The molecule has 1 N–H and O–H groups in total. The Morgan fingerprint density at radius 2 is 1.44 bits per heavy atom. The minimum Gasteiger partial charge on any atom is -0.394 e. The topological polar surface area (TPSA) is 38.7 Å². The average molecular weight is 258 g/mol. The molecule has 1 aliphatic rings. The van der Waals surface area contributed by atoms with Crippen molar-refractivity contribution in [3.8, 4) is 0 Å². The van der Waals surface area contributed by atoms with E-state index < -0.39 is 5.79 Å². The first-order chi connectivity index (χ1) is 8.59. The Morgan fingerprint density at radius 1 is 0.889 bits per heavy atom. The number of hydrogen-bond donors (Lipinski definition) is 1. The van der Waals surface area contributed by atoms with Crippen LogP contribution in [0.2, 0.25) is 0 Å². The van der Waals surface area contributed by atoms with E-state index in [1.165, 1.54) is 44.9 Å². The molecule has 0 unspecified atom stereocenters. The maximum atomic E-state index is 9.26. The van der Waals surface area contributed by atoms with Gasteiger partial charge in [0.05, 0.1) is 12.7 Å². The van der Waals surface area contributed by atoms with Gasteiger partial charge in [-0.2, -0.15) is 0 Å². The first-order valence-corrected chi connectivity index (χ1v) is 7.55. The zero-order valence-corrected chi connectivity index (χ0v) is 12.3. The summed E-state index contributed by atoms with van der Waals surface area (Å²) in [6.07, 6.45) is 10.1. The molecule has 3 nitrogen and oxygen atoms in total. The molecule has 18 heavy (non-hydrogen) atoms. The molecule has 0 aromatic heterocycles. The fraction of sp³-hybridized carbons (Fsp3) is 1.00. The van der Waals surface area contributed by atoms with Crippen LogP contribution >= 0.6 is 0 Å². The van der Waals surface area contributed by atoms with Crippen LogP contribution in [0.5, 0.6) is 0 Å². The van der Waals surface area contributed by atoms with E-state index >= 15 is 0 Å². The summed E-state index contributed by atoms with van der Waals surface area (Å²) < 4.78 is 11.5. The molecule has 1 saturated heterocycles. The molecule has 0 spiro atoms. The highest BCUT2D eigenvalue weighted by Gasteiger charge is 2.40. The first kappa shape index (κ1) is 15.9. The van der Waals surface area contributed by atoms with Crippen LogP contribution in [0.4, 0.5) is 0 Å². The normalized spacial score (nSPS) is 26.7. The van der Waals surface area contributed by atoms with E-state index in [-0.39, 0.29) is 18.8 Å². The molecule has 0 aliphatic carbocycles. The number of rotatable bonds is 9. The smallest absolute Gasteiger partial charge is 0.163 e. The van der Waals surface area contributed by atoms with Crippen LogP contribution < -0.4 is 0 Å². The number of ether oxygens (including phenoxy) is 2. The van der Waals surface area contributed by atoms with Gasteiger partial charge in [0.2, 0.25) is 0 Å². The standard InChI is InChI=1S/C15H30O3/c1-4-5-6-7-8-9-10-11-13-14(12-16)18-15(2,3)17-13/h13-14,16H,4-12H2,1-3H3/t13-,14-/m1/s1. The van der Waals surface area contributed by atoms with Crippen molar-refractivity contribution in [2.75, 3.05) is 6.61 Å². The Labute approximate surface area is 112 Å². The molecule has 108 valence electrons. The summed E-state index contributed by atoms with van der Waals surface area (Å²) in [6, 6.07) is 0. The van der Waals surface area contributed by atoms with E-state index in [0.717, 1.165) is 6.42 Å². The molecule has 0 aromatic rings. The molecule has 1 aliphatic heterocycles. The van der Waals surface area contributed by atoms with E-state index in [9.17, 15) is 5.11 Å². The molecular weight excluding hydrogens is 228 g/mol. The van der Waals surface area contributed by atoms with Crippen molar-refractivity contribution in [3.05, 3.63) is 0 Å². The van der Waals surface area contributed by atoms with Crippen LogP contribution in [0.15, 0.2) is 0 Å². The second-order valence-corrected chi connectivity index (χ2v) is 5.81. The van der Waals surface area contributed by atoms with Gasteiger partial charge in [-0.1, -0.05) is 51.9 Å². The Balaban J connectivity index is 2.08. The number of hydrogen-bond acceptors (Lipinski definition) is 3. The summed E-state index contributed by atoms with van der Waals surface area (Å²) in [4.78, 5) is 0. The quantitative estimate of drug-likeness (QED) is 0.642. The van der Waals surface area contributed by atoms with Gasteiger partial charge in [0.25, 0.3) is 0 Å². The van der Waals surface area contributed by atoms with Crippen molar-refractivity contribution in [1.82, 2.24) is 0 Å². The minimum atomic E-state index is -0.529. The maximum absolute atomic E-state index is 9.26. The van der Waals surface area contributed by atoms with E-state index in [1.54, 1.807) is 0 Å². The third-order valence-corrected chi connectivity index (χ3v) is 3.56. The number of unbranched alkanes of at least 4 members (excludes halogenated alkanes) is 6. The maximum Gasteiger partial charge on any atom is 0.163 e. The van der Waals surface area contributed by atoms with Crippen LogP contribution in [0, 0.1) is 0 Å². The Bertz CT molecular complexity index is 216. The van der Waals surface area contributed by atoms with Gasteiger partial charge in [-0.3, -0.25) is 0 Å². The van der Waals surface area contributed by atoms with Crippen molar-refractivity contribution >= 4 is 0 Å². The SMILES string of the molecule is CCCCCCCCC[C@H]1OC(C)(C)O[C@@H]1CO. The third kappa shape index (κ3) is 5.68. The molecule has 1 rings (SSSR count). The first-order valence-electron chi connectivity index (χ1n) is 7.55. The molecule has 0 saturated carbocycles. The highest BCUT2D eigenvalue weighted by atomic mass is 16.8. The van der Waals surface area contributed by atoms with Crippen LogP contribution in [-0.4, -0.2) is 29.7 Å². The highest BCUT2D eigenvalue weighted by Crippen LogP contribution is 2.30. The molecule has 0 aromatic carbocycles. The second kappa shape index (κ2) is 8.13. The number of aliphatic hydroxyl groups excluding tert-OH is 1. The molecule has 1 heterocycles. The predicted molar refractivity (Wildman–Crippen MR) is 73.5 cm³/mol. The van der Waals surface area contributed by atoms with Gasteiger partial charge in [-0.25, -0.2) is 0 Å². The largest absolute Gasteiger partial charge is 0.394 e. The molecule has 2 atom stereocenters. The van der Waals surface area contributed by atoms with E-state index in [2.05, 4.69) is 6.92 Å². The molecule has 1 fully saturated rings. The second-order valence-electron chi connectivity index (χ2n) is 5.81. The molecule has 0 amide bonds. The zero-order valence-electron chi connectivity index (χ0n) is 12.3. The van der Waals surface area contributed by atoms with Gasteiger partial charge < -0.3 is 14.6 Å². The molecular formula is C15H30O3. The minimum absolute atomic E-state index is 0.0601. The zero-order chi connectivity index (χ0) is 13.4. The fourth-order valence-electron chi connectivity index (χ4n) is 2.61. The molecule has 3 heteroatoms. The Hall–Kier alpha value is -0.120. The lowest BCUT2D eigenvalue weighted by atomic mass is 10.0. The van der Waals surface area contributed by atoms with Crippen molar-refractivity contribution in [2.45, 2.75) is 90.1 Å². The summed E-state index contributed by atoms with van der Waals surface area (Å²) >= 11 is 0. The van der Waals surface area contributed by atoms with Crippen LogP contribution in [0.3, 0.4) is 0 Å². The highest BCUT2D eigenvalue weighted by molar-refractivity contribution is 4.80. The van der Waals surface area contributed by atoms with Gasteiger partial charge in [0, 0.05) is 0 Å². The van der Waals surface area contributed by atoms with Gasteiger partial charge in [0.1, 0.15) is 6.10 Å². The Kier molecular flexibility index (Phi) is 7.20. The van der Waals surface area contributed by atoms with Crippen molar-refractivity contribution in [3.63, 3.8) is 0 Å². The lowest BCUT2D eigenvalue weighted by Gasteiger charge is -2.16. The summed E-state index contributed by atoms with van der Waals surface area (Å²) in [6.45, 7) is 6.14. The lowest BCUT2D eigenvalue weighted by Crippen LogP contribution is -2.26.